The van der Waals surface area contributed by atoms with Crippen LogP contribution in [0.5, 0.6) is 11.5 Å². The van der Waals surface area contributed by atoms with Gasteiger partial charge in [-0.3, -0.25) is 4.79 Å². The molecule has 6 heteroatoms. The molecule has 23 heavy (non-hydrogen) atoms. The Labute approximate surface area is 144 Å². The van der Waals surface area contributed by atoms with Crippen LogP contribution < -0.4 is 15.2 Å². The smallest absolute Gasteiger partial charge is 0.254 e. The van der Waals surface area contributed by atoms with E-state index in [0.29, 0.717) is 23.6 Å². The van der Waals surface area contributed by atoms with Crippen molar-refractivity contribution in [1.29, 1.82) is 0 Å². The van der Waals surface area contributed by atoms with Crippen molar-refractivity contribution in [3.05, 3.63) is 23.3 Å². The number of likely N-dealkylation sites (tertiary alicyclic amines) is 1. The number of hydrogen-bond donors (Lipinski definition) is 1. The molecule has 1 aliphatic rings. The number of carbonyl (C=O) groups is 1. The Morgan fingerprint density at radius 2 is 1.87 bits per heavy atom. The SMILES string of the molecule is COc1cc(C(=O)N2CCCCC2CCN)cc(OC)c1C.Cl. The molecule has 1 saturated heterocycles. The van der Waals surface area contributed by atoms with Crippen LogP contribution in [0.1, 0.15) is 41.6 Å². The third-order valence-electron chi connectivity index (χ3n) is 4.39. The summed E-state index contributed by atoms with van der Waals surface area (Å²) in [6.07, 6.45) is 4.09. The summed E-state index contributed by atoms with van der Waals surface area (Å²) in [7, 11) is 3.21. The van der Waals surface area contributed by atoms with Gasteiger partial charge >= 0.3 is 0 Å². The van der Waals surface area contributed by atoms with Gasteiger partial charge in [0.15, 0.2) is 0 Å². The van der Waals surface area contributed by atoms with E-state index in [1.807, 2.05) is 11.8 Å². The fourth-order valence-electron chi connectivity index (χ4n) is 3.14. The molecule has 0 saturated carbocycles. The minimum atomic E-state index is 0. The van der Waals surface area contributed by atoms with Crippen LogP contribution >= 0.6 is 12.4 Å². The number of halogens is 1. The number of nitrogens with two attached hydrogens (primary N) is 1. The molecule has 5 nitrogen and oxygen atoms in total. The van der Waals surface area contributed by atoms with Gasteiger partial charge in [0.25, 0.3) is 5.91 Å². The highest BCUT2D eigenvalue weighted by Gasteiger charge is 2.27. The van der Waals surface area contributed by atoms with Crippen LogP contribution in [0.2, 0.25) is 0 Å². The number of amides is 1. The van der Waals surface area contributed by atoms with E-state index in [4.69, 9.17) is 15.2 Å². The first-order chi connectivity index (χ1) is 10.6. The van der Waals surface area contributed by atoms with Gasteiger partial charge < -0.3 is 20.1 Å². The summed E-state index contributed by atoms with van der Waals surface area (Å²) in [5.74, 6) is 1.39. The van der Waals surface area contributed by atoms with Crippen LogP contribution in [0.15, 0.2) is 12.1 Å². The largest absolute Gasteiger partial charge is 0.496 e. The molecular weight excluding hydrogens is 316 g/mol. The summed E-state index contributed by atoms with van der Waals surface area (Å²) < 4.78 is 10.7. The molecule has 0 bridgehead atoms. The van der Waals surface area contributed by atoms with Crippen molar-refractivity contribution < 1.29 is 14.3 Å². The first-order valence-electron chi connectivity index (χ1n) is 7.86. The number of hydrogen-bond acceptors (Lipinski definition) is 4. The van der Waals surface area contributed by atoms with E-state index < -0.39 is 0 Å². The molecule has 130 valence electrons. The van der Waals surface area contributed by atoms with E-state index in [9.17, 15) is 4.79 Å². The Morgan fingerprint density at radius 1 is 1.26 bits per heavy atom. The molecule has 1 unspecified atom stereocenters. The predicted molar refractivity (Wildman–Crippen MR) is 93.9 cm³/mol. The molecule has 1 aromatic rings. The summed E-state index contributed by atoms with van der Waals surface area (Å²) in [6.45, 7) is 3.32. The van der Waals surface area contributed by atoms with Crippen molar-refractivity contribution in [3.8, 4) is 11.5 Å². The van der Waals surface area contributed by atoms with E-state index in [0.717, 1.165) is 37.8 Å². The van der Waals surface area contributed by atoms with Crippen LogP contribution in [0, 0.1) is 6.92 Å². The lowest BCUT2D eigenvalue weighted by atomic mass is 9.98. The molecular formula is C17H27ClN2O3. The predicted octanol–water partition coefficient (Wildman–Crippen LogP) is 2.78. The molecule has 0 radical (unpaired) electrons. The van der Waals surface area contributed by atoms with Gasteiger partial charge in [-0.25, -0.2) is 0 Å². The van der Waals surface area contributed by atoms with Crippen molar-refractivity contribution in [2.24, 2.45) is 5.73 Å². The lowest BCUT2D eigenvalue weighted by Crippen LogP contribution is -2.44. The van der Waals surface area contributed by atoms with Crippen molar-refractivity contribution >= 4 is 18.3 Å². The van der Waals surface area contributed by atoms with Gasteiger partial charge in [-0.2, -0.15) is 0 Å². The van der Waals surface area contributed by atoms with Crippen molar-refractivity contribution in [1.82, 2.24) is 4.90 Å². The second kappa shape index (κ2) is 8.99. The third-order valence-corrected chi connectivity index (χ3v) is 4.39. The Balaban J connectivity index is 0.00000264. The third kappa shape index (κ3) is 4.30. The van der Waals surface area contributed by atoms with E-state index in [2.05, 4.69) is 0 Å². The molecule has 1 atom stereocenters. The maximum atomic E-state index is 12.9. The highest BCUT2D eigenvalue weighted by molar-refractivity contribution is 5.95. The maximum Gasteiger partial charge on any atom is 0.254 e. The quantitative estimate of drug-likeness (QED) is 0.893. The average Bonchev–Trinajstić information content (AvgIpc) is 2.55. The van der Waals surface area contributed by atoms with Gasteiger partial charge in [-0.15, -0.1) is 12.4 Å². The molecule has 1 heterocycles. The Bertz CT molecular complexity index is 510. The molecule has 2 N–H and O–H groups in total. The Morgan fingerprint density at radius 3 is 2.39 bits per heavy atom. The zero-order chi connectivity index (χ0) is 16.1. The first-order valence-corrected chi connectivity index (χ1v) is 7.86. The highest BCUT2D eigenvalue weighted by atomic mass is 35.5. The fraction of sp³-hybridized carbons (Fsp3) is 0.588. The number of ether oxygens (including phenoxy) is 2. The van der Waals surface area contributed by atoms with E-state index >= 15 is 0 Å². The summed E-state index contributed by atoms with van der Waals surface area (Å²) >= 11 is 0. The van der Waals surface area contributed by atoms with Gasteiger partial charge in [0, 0.05) is 23.7 Å². The lowest BCUT2D eigenvalue weighted by Gasteiger charge is -2.36. The average molecular weight is 343 g/mol. The number of nitrogens with zero attached hydrogens (tertiary/aromatic N) is 1. The van der Waals surface area contributed by atoms with Gasteiger partial charge in [-0.05, 0) is 51.3 Å². The van der Waals surface area contributed by atoms with E-state index in [-0.39, 0.29) is 24.4 Å². The fourth-order valence-corrected chi connectivity index (χ4v) is 3.14. The second-order valence-corrected chi connectivity index (χ2v) is 5.73. The molecule has 1 aliphatic heterocycles. The van der Waals surface area contributed by atoms with Gasteiger partial charge in [-0.1, -0.05) is 0 Å². The van der Waals surface area contributed by atoms with Crippen molar-refractivity contribution in [2.75, 3.05) is 27.3 Å². The second-order valence-electron chi connectivity index (χ2n) is 5.73. The molecule has 1 fully saturated rings. The molecule has 1 aromatic carbocycles. The summed E-state index contributed by atoms with van der Waals surface area (Å²) in [6, 6.07) is 3.84. The first kappa shape index (κ1) is 19.6. The molecule has 0 aliphatic carbocycles. The zero-order valence-corrected chi connectivity index (χ0v) is 14.9. The number of methoxy groups -OCH3 is 2. The van der Waals surface area contributed by atoms with Gasteiger partial charge in [0.2, 0.25) is 0 Å². The summed E-state index contributed by atoms with van der Waals surface area (Å²) in [5.41, 5.74) is 7.21. The lowest BCUT2D eigenvalue weighted by molar-refractivity contribution is 0.0604. The summed E-state index contributed by atoms with van der Waals surface area (Å²) in [5, 5.41) is 0. The van der Waals surface area contributed by atoms with Gasteiger partial charge in [0.1, 0.15) is 11.5 Å². The number of benzene rings is 1. The molecule has 1 amide bonds. The molecule has 0 aromatic heterocycles. The highest BCUT2D eigenvalue weighted by Crippen LogP contribution is 2.31. The summed E-state index contributed by atoms with van der Waals surface area (Å²) in [4.78, 5) is 14.9. The van der Waals surface area contributed by atoms with Crippen LogP contribution in [0.25, 0.3) is 0 Å². The number of piperidine rings is 1. The topological polar surface area (TPSA) is 64.8 Å². The van der Waals surface area contributed by atoms with Crippen LogP contribution in [0.4, 0.5) is 0 Å². The molecule has 2 rings (SSSR count). The minimum Gasteiger partial charge on any atom is -0.496 e. The van der Waals surface area contributed by atoms with Crippen LogP contribution in [-0.4, -0.2) is 44.2 Å². The van der Waals surface area contributed by atoms with E-state index in [1.165, 1.54) is 0 Å². The molecule has 0 spiro atoms. The van der Waals surface area contributed by atoms with Gasteiger partial charge in [0.05, 0.1) is 14.2 Å². The Hall–Kier alpha value is -1.46. The van der Waals surface area contributed by atoms with E-state index in [1.54, 1.807) is 26.4 Å². The monoisotopic (exact) mass is 342 g/mol. The van der Waals surface area contributed by atoms with Crippen molar-refractivity contribution in [3.63, 3.8) is 0 Å². The zero-order valence-electron chi connectivity index (χ0n) is 14.1. The minimum absolute atomic E-state index is 0. The standard InChI is InChI=1S/C17H26N2O3.ClH/c1-12-15(21-2)10-13(11-16(12)22-3)17(20)19-9-5-4-6-14(19)7-8-18;/h10-11,14H,4-9,18H2,1-3H3;1H. The van der Waals surface area contributed by atoms with Crippen LogP contribution in [-0.2, 0) is 0 Å². The normalized spacial score (nSPS) is 17.4. The van der Waals surface area contributed by atoms with Crippen LogP contribution in [0.3, 0.4) is 0 Å². The number of carbonyl (C=O) groups excluding carboxylic acids is 1. The Kier molecular flexibility index (Phi) is 7.65. The number of rotatable bonds is 5. The maximum absolute atomic E-state index is 12.9. The van der Waals surface area contributed by atoms with Crippen molar-refractivity contribution in [2.45, 2.75) is 38.6 Å².